The van der Waals surface area contributed by atoms with Crippen LogP contribution in [0.3, 0.4) is 0 Å². The second-order valence-electron chi connectivity index (χ2n) is 7.08. The fraction of sp³-hybridized carbons (Fsp3) is 0.611. The largest absolute Gasteiger partial charge is 0.484 e. The average molecular weight is 304 g/mol. The Morgan fingerprint density at radius 3 is 2.64 bits per heavy atom. The molecule has 4 heteroatoms. The molecule has 4 nitrogen and oxygen atoms in total. The maximum Gasteiger partial charge on any atom is 0.257 e. The number of ether oxygens (including phenoxy) is 1. The second-order valence-corrected chi connectivity index (χ2v) is 7.08. The monoisotopic (exact) mass is 304 g/mol. The molecule has 1 atom stereocenters. The Balaban J connectivity index is 1.71. The van der Waals surface area contributed by atoms with Crippen LogP contribution in [0.1, 0.15) is 39.2 Å². The van der Waals surface area contributed by atoms with Crippen LogP contribution in [0.4, 0.5) is 0 Å². The van der Waals surface area contributed by atoms with Gasteiger partial charge in [0.1, 0.15) is 5.75 Å². The van der Waals surface area contributed by atoms with Crippen LogP contribution in [0.5, 0.6) is 5.75 Å². The van der Waals surface area contributed by atoms with E-state index >= 15 is 0 Å². The van der Waals surface area contributed by atoms with Gasteiger partial charge in [-0.3, -0.25) is 4.79 Å². The minimum atomic E-state index is -0.0505. The number of hydrogen-bond donors (Lipinski definition) is 2. The first kappa shape index (κ1) is 16.8. The van der Waals surface area contributed by atoms with Gasteiger partial charge in [0.15, 0.2) is 6.61 Å². The van der Waals surface area contributed by atoms with Crippen LogP contribution in [0, 0.1) is 5.92 Å². The van der Waals surface area contributed by atoms with Crippen LogP contribution in [-0.4, -0.2) is 32.1 Å². The van der Waals surface area contributed by atoms with Crippen molar-refractivity contribution < 1.29 is 9.53 Å². The van der Waals surface area contributed by atoms with Gasteiger partial charge >= 0.3 is 0 Å². The van der Waals surface area contributed by atoms with Crippen molar-refractivity contribution in [3.8, 4) is 5.75 Å². The van der Waals surface area contributed by atoms with Gasteiger partial charge in [-0.25, -0.2) is 0 Å². The predicted octanol–water partition coefficient (Wildman–Crippen LogP) is 2.48. The van der Waals surface area contributed by atoms with E-state index in [1.807, 2.05) is 12.1 Å². The fourth-order valence-corrected chi connectivity index (χ4v) is 2.61. The summed E-state index contributed by atoms with van der Waals surface area (Å²) in [7, 11) is 0. The zero-order valence-corrected chi connectivity index (χ0v) is 13.9. The molecule has 2 N–H and O–H groups in total. The Hall–Kier alpha value is -1.55. The number of carbonyl (C=O) groups is 1. The lowest BCUT2D eigenvalue weighted by Gasteiger charge is -2.22. The Kier molecular flexibility index (Phi) is 5.83. The van der Waals surface area contributed by atoms with E-state index in [-0.39, 0.29) is 17.9 Å². The number of rotatable bonds is 5. The van der Waals surface area contributed by atoms with Gasteiger partial charge in [-0.2, -0.15) is 0 Å². The topological polar surface area (TPSA) is 50.4 Å². The van der Waals surface area contributed by atoms with Crippen molar-refractivity contribution in [2.24, 2.45) is 5.92 Å². The molecule has 0 radical (unpaired) electrons. The summed E-state index contributed by atoms with van der Waals surface area (Å²) in [5, 5.41) is 6.31. The third kappa shape index (κ3) is 5.34. The Morgan fingerprint density at radius 2 is 2.05 bits per heavy atom. The number of nitrogens with one attached hydrogen (secondary N) is 2. The van der Waals surface area contributed by atoms with E-state index in [0.29, 0.717) is 5.92 Å². The Morgan fingerprint density at radius 1 is 1.32 bits per heavy atom. The number of hydrogen-bond acceptors (Lipinski definition) is 3. The highest BCUT2D eigenvalue weighted by atomic mass is 16.5. The van der Waals surface area contributed by atoms with Gasteiger partial charge in [-0.15, -0.1) is 0 Å². The fourth-order valence-electron chi connectivity index (χ4n) is 2.61. The van der Waals surface area contributed by atoms with E-state index in [2.05, 4.69) is 43.5 Å². The van der Waals surface area contributed by atoms with Gasteiger partial charge in [-0.1, -0.05) is 32.9 Å². The Bertz CT molecular complexity index is 471. The smallest absolute Gasteiger partial charge is 0.257 e. The first-order valence-electron chi connectivity index (χ1n) is 8.16. The van der Waals surface area contributed by atoms with Crippen LogP contribution in [0.25, 0.3) is 0 Å². The van der Waals surface area contributed by atoms with Crippen molar-refractivity contribution in [1.29, 1.82) is 0 Å². The van der Waals surface area contributed by atoms with Crippen molar-refractivity contribution in [1.82, 2.24) is 10.6 Å². The van der Waals surface area contributed by atoms with Crippen LogP contribution in [-0.2, 0) is 10.2 Å². The minimum Gasteiger partial charge on any atom is -0.484 e. The molecule has 1 amide bonds. The molecule has 0 bridgehead atoms. The van der Waals surface area contributed by atoms with E-state index in [0.717, 1.165) is 25.4 Å². The summed E-state index contributed by atoms with van der Waals surface area (Å²) < 4.78 is 5.55. The highest BCUT2D eigenvalue weighted by molar-refractivity contribution is 5.77. The normalized spacial score (nSPS) is 18.8. The van der Waals surface area contributed by atoms with Crippen molar-refractivity contribution in [2.75, 3.05) is 26.2 Å². The molecule has 1 aromatic rings. The molecule has 1 heterocycles. The standard InChI is InChI=1S/C18H28N2O2/c1-18(2,3)15-6-8-16(9-7-15)22-13-17(21)20-12-14-5-4-10-19-11-14/h6-9,14,19H,4-5,10-13H2,1-3H3,(H,20,21). The highest BCUT2D eigenvalue weighted by Gasteiger charge is 2.15. The van der Waals surface area contributed by atoms with Crippen molar-refractivity contribution >= 4 is 5.91 Å². The molecule has 1 fully saturated rings. The summed E-state index contributed by atoms with van der Waals surface area (Å²) >= 11 is 0. The summed E-state index contributed by atoms with van der Waals surface area (Å²) in [4.78, 5) is 11.8. The molecular weight excluding hydrogens is 276 g/mol. The van der Waals surface area contributed by atoms with Gasteiger partial charge in [0, 0.05) is 6.54 Å². The maximum absolute atomic E-state index is 11.8. The van der Waals surface area contributed by atoms with Gasteiger partial charge in [0.05, 0.1) is 0 Å². The summed E-state index contributed by atoms with van der Waals surface area (Å²) in [5.41, 5.74) is 1.39. The molecule has 0 aliphatic carbocycles. The molecule has 22 heavy (non-hydrogen) atoms. The quantitative estimate of drug-likeness (QED) is 0.878. The highest BCUT2D eigenvalue weighted by Crippen LogP contribution is 2.24. The number of benzene rings is 1. The zero-order valence-electron chi connectivity index (χ0n) is 13.9. The van der Waals surface area contributed by atoms with Crippen LogP contribution in [0.15, 0.2) is 24.3 Å². The molecular formula is C18H28N2O2. The Labute approximate surface area is 133 Å². The molecule has 0 aromatic heterocycles. The lowest BCUT2D eigenvalue weighted by atomic mass is 9.87. The molecule has 1 unspecified atom stereocenters. The van der Waals surface area contributed by atoms with Gasteiger partial charge < -0.3 is 15.4 Å². The molecule has 1 aromatic carbocycles. The van der Waals surface area contributed by atoms with Crippen molar-refractivity contribution in [2.45, 2.75) is 39.0 Å². The predicted molar refractivity (Wildman–Crippen MR) is 89.2 cm³/mol. The molecule has 1 saturated heterocycles. The van der Waals surface area contributed by atoms with Crippen molar-refractivity contribution in [3.63, 3.8) is 0 Å². The summed E-state index contributed by atoms with van der Waals surface area (Å²) in [5.74, 6) is 1.23. The molecule has 0 saturated carbocycles. The summed E-state index contributed by atoms with van der Waals surface area (Å²) in [6, 6.07) is 7.97. The molecule has 2 rings (SSSR count). The third-order valence-electron chi connectivity index (χ3n) is 4.08. The van der Waals surface area contributed by atoms with Gasteiger partial charge in [0.2, 0.25) is 0 Å². The van der Waals surface area contributed by atoms with Gasteiger partial charge in [-0.05, 0) is 55.0 Å². The average Bonchev–Trinajstić information content (AvgIpc) is 2.51. The molecule has 1 aliphatic rings. The summed E-state index contributed by atoms with van der Waals surface area (Å²) in [6.45, 7) is 9.43. The summed E-state index contributed by atoms with van der Waals surface area (Å²) in [6.07, 6.45) is 2.37. The molecule has 1 aliphatic heterocycles. The second kappa shape index (κ2) is 7.63. The molecule has 0 spiro atoms. The van der Waals surface area contributed by atoms with E-state index in [9.17, 15) is 4.79 Å². The first-order chi connectivity index (χ1) is 10.4. The van der Waals surface area contributed by atoms with E-state index in [4.69, 9.17) is 4.74 Å². The maximum atomic E-state index is 11.8. The molecule has 122 valence electrons. The van der Waals surface area contributed by atoms with E-state index < -0.39 is 0 Å². The van der Waals surface area contributed by atoms with Crippen LogP contribution in [0.2, 0.25) is 0 Å². The third-order valence-corrected chi connectivity index (χ3v) is 4.08. The van der Waals surface area contributed by atoms with Crippen LogP contribution < -0.4 is 15.4 Å². The van der Waals surface area contributed by atoms with E-state index in [1.54, 1.807) is 0 Å². The number of amides is 1. The lowest BCUT2D eigenvalue weighted by molar-refractivity contribution is -0.123. The van der Waals surface area contributed by atoms with Crippen molar-refractivity contribution in [3.05, 3.63) is 29.8 Å². The van der Waals surface area contributed by atoms with Crippen LogP contribution >= 0.6 is 0 Å². The number of carbonyl (C=O) groups excluding carboxylic acids is 1. The van der Waals surface area contributed by atoms with E-state index in [1.165, 1.54) is 18.4 Å². The number of piperidine rings is 1. The zero-order chi connectivity index (χ0) is 16.0. The minimum absolute atomic E-state index is 0.0505. The first-order valence-corrected chi connectivity index (χ1v) is 8.16. The van der Waals surface area contributed by atoms with Gasteiger partial charge in [0.25, 0.3) is 5.91 Å². The lowest BCUT2D eigenvalue weighted by Crippen LogP contribution is -2.39. The SMILES string of the molecule is CC(C)(C)c1ccc(OCC(=O)NCC2CCCNC2)cc1.